The van der Waals surface area contributed by atoms with Gasteiger partial charge in [-0.2, -0.15) is 5.10 Å². The number of ether oxygens (including phenoxy) is 1. The van der Waals surface area contributed by atoms with Gasteiger partial charge in [-0.1, -0.05) is 18.2 Å². The lowest BCUT2D eigenvalue weighted by atomic mass is 10.1. The van der Waals surface area contributed by atoms with Crippen molar-refractivity contribution in [2.45, 2.75) is 0 Å². The summed E-state index contributed by atoms with van der Waals surface area (Å²) in [6, 6.07) is 18.3. The molecule has 0 radical (unpaired) electrons. The number of aromatic hydroxyl groups is 3. The summed E-state index contributed by atoms with van der Waals surface area (Å²) in [6.45, 7) is 0. The molecule has 0 amide bonds. The van der Waals surface area contributed by atoms with Crippen molar-refractivity contribution in [3.63, 3.8) is 0 Å². The number of phenols is 3. The van der Waals surface area contributed by atoms with E-state index in [-0.39, 0.29) is 5.56 Å². The van der Waals surface area contributed by atoms with Crippen LogP contribution in [-0.4, -0.2) is 38.3 Å². The second-order valence-corrected chi connectivity index (χ2v) is 8.42. The van der Waals surface area contributed by atoms with Crippen LogP contribution in [0.25, 0.3) is 22.0 Å². The first-order valence-electron chi connectivity index (χ1n) is 10.6. The number of fused-ring (bicyclic) bond motifs is 1. The summed E-state index contributed by atoms with van der Waals surface area (Å²) in [5.41, 5.74) is 2.61. The predicted octanol–water partition coefficient (Wildman–Crippen LogP) is 5.00. The molecule has 5 rings (SSSR count). The molecular formula is C26H20N4O4S. The lowest BCUT2D eigenvalue weighted by Gasteiger charge is -2.07. The number of thiazole rings is 1. The van der Waals surface area contributed by atoms with Crippen LogP contribution in [0.1, 0.15) is 5.56 Å². The van der Waals surface area contributed by atoms with Crippen LogP contribution in [0.5, 0.6) is 23.0 Å². The molecule has 5 aromatic rings. The Labute approximate surface area is 204 Å². The van der Waals surface area contributed by atoms with Crippen LogP contribution in [0.15, 0.2) is 88.5 Å². The van der Waals surface area contributed by atoms with Crippen LogP contribution in [0.4, 0.5) is 5.69 Å². The first-order chi connectivity index (χ1) is 17.0. The van der Waals surface area contributed by atoms with Gasteiger partial charge in [-0.25, -0.2) is 9.67 Å². The predicted molar refractivity (Wildman–Crippen MR) is 136 cm³/mol. The highest BCUT2D eigenvalue weighted by atomic mass is 32.1. The number of methoxy groups -OCH3 is 1. The Balaban J connectivity index is 1.65. The Morgan fingerprint density at radius 1 is 0.971 bits per heavy atom. The zero-order valence-electron chi connectivity index (χ0n) is 18.5. The second-order valence-electron chi connectivity index (χ2n) is 7.58. The fourth-order valence-electron chi connectivity index (χ4n) is 3.54. The minimum absolute atomic E-state index is 0.239. The maximum absolute atomic E-state index is 10.2. The van der Waals surface area contributed by atoms with E-state index in [0.29, 0.717) is 10.5 Å². The minimum atomic E-state index is -0.602. The molecule has 0 saturated heterocycles. The maximum atomic E-state index is 10.2. The first-order valence-corrected chi connectivity index (χ1v) is 11.4. The molecule has 9 heteroatoms. The third-order valence-corrected chi connectivity index (χ3v) is 6.19. The quantitative estimate of drug-likeness (QED) is 0.240. The van der Waals surface area contributed by atoms with E-state index in [9.17, 15) is 15.3 Å². The highest BCUT2D eigenvalue weighted by Crippen LogP contribution is 2.36. The summed E-state index contributed by atoms with van der Waals surface area (Å²) >= 11 is 1.41. The number of phenolic OH excluding ortho intramolecular Hbond substituents is 3. The Hall–Kier alpha value is -4.63. The third-order valence-electron chi connectivity index (χ3n) is 5.37. The van der Waals surface area contributed by atoms with Gasteiger partial charge in [0, 0.05) is 22.7 Å². The molecule has 0 spiro atoms. The first kappa shape index (κ1) is 22.2. The number of nitrogens with zero attached hydrogens (tertiary/aromatic N) is 4. The highest BCUT2D eigenvalue weighted by Gasteiger charge is 2.12. The summed E-state index contributed by atoms with van der Waals surface area (Å²) in [6.07, 6.45) is 4.73. The van der Waals surface area contributed by atoms with Crippen molar-refractivity contribution in [2.75, 3.05) is 7.11 Å². The maximum Gasteiger partial charge on any atom is 0.211 e. The monoisotopic (exact) mass is 484 g/mol. The fourth-order valence-corrected chi connectivity index (χ4v) is 4.39. The molecule has 35 heavy (non-hydrogen) atoms. The van der Waals surface area contributed by atoms with E-state index in [0.717, 1.165) is 27.8 Å². The van der Waals surface area contributed by atoms with E-state index < -0.39 is 17.2 Å². The molecule has 174 valence electrons. The Kier molecular flexibility index (Phi) is 5.90. The number of benzene rings is 3. The molecule has 0 aliphatic rings. The lowest BCUT2D eigenvalue weighted by molar-refractivity contribution is 0.367. The Morgan fingerprint density at radius 2 is 1.80 bits per heavy atom. The van der Waals surface area contributed by atoms with E-state index in [1.165, 1.54) is 29.7 Å². The molecule has 0 fully saturated rings. The second kappa shape index (κ2) is 9.32. The van der Waals surface area contributed by atoms with Crippen molar-refractivity contribution in [3.8, 4) is 34.3 Å². The SMILES string of the molecule is COc1ccc2cc(-c3csc(=Nc4cccnc4)n3N=Cc3ccc(O)c(O)c3O)ccc2c1. The summed E-state index contributed by atoms with van der Waals surface area (Å²) in [5.74, 6) is -0.690. The van der Waals surface area contributed by atoms with Crippen LogP contribution in [-0.2, 0) is 0 Å². The van der Waals surface area contributed by atoms with Crippen molar-refractivity contribution in [3.05, 3.63) is 88.8 Å². The molecule has 2 aromatic heterocycles. The topological polar surface area (TPSA) is 112 Å². The van der Waals surface area contributed by atoms with Gasteiger partial charge in [-0.05, 0) is 53.2 Å². The van der Waals surface area contributed by atoms with Crippen molar-refractivity contribution in [2.24, 2.45) is 10.1 Å². The van der Waals surface area contributed by atoms with E-state index in [1.807, 2.05) is 41.8 Å². The summed E-state index contributed by atoms with van der Waals surface area (Å²) in [5, 5.41) is 38.3. The van der Waals surface area contributed by atoms with Gasteiger partial charge in [0.25, 0.3) is 0 Å². The molecule has 0 aliphatic carbocycles. The van der Waals surface area contributed by atoms with Crippen LogP contribution in [0, 0.1) is 0 Å². The van der Waals surface area contributed by atoms with Crippen molar-refractivity contribution in [1.29, 1.82) is 0 Å². The highest BCUT2D eigenvalue weighted by molar-refractivity contribution is 7.07. The van der Waals surface area contributed by atoms with Crippen molar-refractivity contribution >= 4 is 34.0 Å². The largest absolute Gasteiger partial charge is 0.504 e. The lowest BCUT2D eigenvalue weighted by Crippen LogP contribution is -2.11. The number of aromatic nitrogens is 2. The Morgan fingerprint density at radius 3 is 2.60 bits per heavy atom. The molecule has 0 atom stereocenters. The van der Waals surface area contributed by atoms with Gasteiger partial charge >= 0.3 is 0 Å². The van der Waals surface area contributed by atoms with Crippen LogP contribution in [0.3, 0.4) is 0 Å². The van der Waals surface area contributed by atoms with Crippen LogP contribution in [0.2, 0.25) is 0 Å². The van der Waals surface area contributed by atoms with Crippen LogP contribution < -0.4 is 9.54 Å². The molecule has 2 heterocycles. The van der Waals surface area contributed by atoms with Crippen LogP contribution >= 0.6 is 11.3 Å². The molecule has 3 N–H and O–H groups in total. The van der Waals surface area contributed by atoms with E-state index in [1.54, 1.807) is 30.2 Å². The fraction of sp³-hybridized carbons (Fsp3) is 0.0385. The Bertz CT molecular complexity index is 1620. The normalized spacial score (nSPS) is 12.0. The summed E-state index contributed by atoms with van der Waals surface area (Å²) in [7, 11) is 1.64. The number of pyridine rings is 1. The van der Waals surface area contributed by atoms with E-state index in [2.05, 4.69) is 21.1 Å². The molecule has 0 aliphatic heterocycles. The van der Waals surface area contributed by atoms with Gasteiger partial charge in [0.2, 0.25) is 10.6 Å². The van der Waals surface area contributed by atoms with Gasteiger partial charge in [0.1, 0.15) is 5.75 Å². The molecule has 3 aromatic carbocycles. The minimum Gasteiger partial charge on any atom is -0.504 e. The average molecular weight is 485 g/mol. The molecule has 0 saturated carbocycles. The van der Waals surface area contributed by atoms with Gasteiger partial charge in [-0.3, -0.25) is 4.98 Å². The third kappa shape index (κ3) is 4.44. The standard InChI is InChI=1S/C26H20N4O4S/c1-34-21-8-6-16-11-18(5-4-17(16)12-21)22-15-35-26(29-20-3-2-10-27-14-20)30(22)28-13-19-7-9-23(31)25(33)24(19)32/h2-15,31-33H,1H3. The molecule has 8 nitrogen and oxygen atoms in total. The average Bonchev–Trinajstić information content (AvgIpc) is 3.29. The zero-order valence-corrected chi connectivity index (χ0v) is 19.3. The van der Waals surface area contributed by atoms with E-state index in [4.69, 9.17) is 4.74 Å². The molecule has 0 bridgehead atoms. The molecule has 0 unspecified atom stereocenters. The van der Waals surface area contributed by atoms with E-state index >= 15 is 0 Å². The van der Waals surface area contributed by atoms with Gasteiger partial charge in [0.15, 0.2) is 11.5 Å². The molecular weight excluding hydrogens is 464 g/mol. The summed E-state index contributed by atoms with van der Waals surface area (Å²) < 4.78 is 6.98. The van der Waals surface area contributed by atoms with Gasteiger partial charge < -0.3 is 20.1 Å². The van der Waals surface area contributed by atoms with Crippen molar-refractivity contribution < 1.29 is 20.1 Å². The zero-order chi connectivity index (χ0) is 24.4. The smallest absolute Gasteiger partial charge is 0.211 e. The van der Waals surface area contributed by atoms with Crippen molar-refractivity contribution in [1.82, 2.24) is 9.66 Å². The van der Waals surface area contributed by atoms with Gasteiger partial charge in [0.05, 0.1) is 30.9 Å². The summed E-state index contributed by atoms with van der Waals surface area (Å²) in [4.78, 5) is 9.38. The van der Waals surface area contributed by atoms with Gasteiger partial charge in [-0.15, -0.1) is 11.3 Å². The number of hydrogen-bond donors (Lipinski definition) is 3. The number of rotatable bonds is 5. The number of hydrogen-bond acceptors (Lipinski definition) is 8.